The standard InChI is InChI=1S/C32H37Cl2N3O5S/c1-3-29(32(39)35-25-10-6-4-7-11-25)36(21-23-14-17-26(42-2)18-15-23)31(38)22-37(30-20-24(33)16-19-28(30)34)43(40,41)27-12-8-5-9-13-27/h5,8-9,12-20,25,29H,3-4,6-7,10-11,21-22H2,1-2H3,(H,35,39)/t29-/m1/s1. The number of carbonyl (C=O) groups excluding carboxylic acids is 2. The molecule has 11 heteroatoms. The summed E-state index contributed by atoms with van der Waals surface area (Å²) in [4.78, 5) is 29.4. The summed E-state index contributed by atoms with van der Waals surface area (Å²) in [6, 6.07) is 18.7. The van der Waals surface area contributed by atoms with Crippen LogP contribution in [0.25, 0.3) is 0 Å². The number of nitrogens with one attached hydrogen (secondary N) is 1. The van der Waals surface area contributed by atoms with Crippen molar-refractivity contribution in [1.29, 1.82) is 0 Å². The van der Waals surface area contributed by atoms with Gasteiger partial charge in [0.1, 0.15) is 18.3 Å². The number of halogens is 2. The fourth-order valence-corrected chi connectivity index (χ4v) is 7.18. The quantitative estimate of drug-likeness (QED) is 0.244. The smallest absolute Gasteiger partial charge is 0.264 e. The molecule has 3 aromatic rings. The molecule has 230 valence electrons. The molecule has 2 amide bonds. The zero-order valence-corrected chi connectivity index (χ0v) is 26.7. The number of ether oxygens (including phenoxy) is 1. The zero-order chi connectivity index (χ0) is 31.0. The Morgan fingerprint density at radius 3 is 2.28 bits per heavy atom. The fraction of sp³-hybridized carbons (Fsp3) is 0.375. The second kappa shape index (κ2) is 14.9. The van der Waals surface area contributed by atoms with Crippen LogP contribution in [0.5, 0.6) is 5.75 Å². The Morgan fingerprint density at radius 2 is 1.65 bits per heavy atom. The predicted octanol–water partition coefficient (Wildman–Crippen LogP) is 6.45. The van der Waals surface area contributed by atoms with Crippen LogP contribution in [0.4, 0.5) is 5.69 Å². The van der Waals surface area contributed by atoms with Crippen molar-refractivity contribution in [3.05, 3.63) is 88.4 Å². The molecule has 0 aromatic heterocycles. The topological polar surface area (TPSA) is 96.0 Å². The van der Waals surface area contributed by atoms with Gasteiger partial charge in [-0.3, -0.25) is 13.9 Å². The first-order chi connectivity index (χ1) is 20.6. The van der Waals surface area contributed by atoms with Gasteiger partial charge in [-0.25, -0.2) is 8.42 Å². The van der Waals surface area contributed by atoms with Crippen LogP contribution in [0.1, 0.15) is 51.0 Å². The molecule has 1 fully saturated rings. The highest BCUT2D eigenvalue weighted by molar-refractivity contribution is 7.92. The normalized spacial score (nSPS) is 14.5. The Kier molecular flexibility index (Phi) is 11.3. The maximum Gasteiger partial charge on any atom is 0.264 e. The second-order valence-electron chi connectivity index (χ2n) is 10.6. The Morgan fingerprint density at radius 1 is 0.977 bits per heavy atom. The van der Waals surface area contributed by atoms with Gasteiger partial charge < -0.3 is 15.0 Å². The first-order valence-electron chi connectivity index (χ1n) is 14.4. The molecule has 0 spiro atoms. The summed E-state index contributed by atoms with van der Waals surface area (Å²) in [6.07, 6.45) is 5.36. The van der Waals surface area contributed by atoms with E-state index in [9.17, 15) is 18.0 Å². The van der Waals surface area contributed by atoms with E-state index in [0.717, 1.165) is 42.0 Å². The summed E-state index contributed by atoms with van der Waals surface area (Å²) in [7, 11) is -2.69. The van der Waals surface area contributed by atoms with E-state index in [1.54, 1.807) is 43.5 Å². The van der Waals surface area contributed by atoms with Crippen LogP contribution in [0, 0.1) is 0 Å². The van der Waals surface area contributed by atoms with Gasteiger partial charge in [-0.2, -0.15) is 0 Å². The minimum atomic E-state index is -4.25. The first-order valence-corrected chi connectivity index (χ1v) is 16.6. The number of hydrogen-bond donors (Lipinski definition) is 1. The number of hydrogen-bond acceptors (Lipinski definition) is 5. The first kappa shape index (κ1) is 32.6. The molecule has 0 heterocycles. The van der Waals surface area contributed by atoms with E-state index >= 15 is 0 Å². The van der Waals surface area contributed by atoms with Crippen molar-refractivity contribution in [2.24, 2.45) is 0 Å². The number of amides is 2. The number of methoxy groups -OCH3 is 1. The molecule has 1 atom stereocenters. The van der Waals surface area contributed by atoms with E-state index in [1.165, 1.54) is 29.2 Å². The van der Waals surface area contributed by atoms with E-state index < -0.39 is 28.5 Å². The summed E-state index contributed by atoms with van der Waals surface area (Å²) in [5, 5.41) is 3.51. The molecule has 0 unspecified atom stereocenters. The van der Waals surface area contributed by atoms with Crippen LogP contribution in [-0.2, 0) is 26.2 Å². The minimum Gasteiger partial charge on any atom is -0.497 e. The van der Waals surface area contributed by atoms with Crippen molar-refractivity contribution in [3.63, 3.8) is 0 Å². The molecule has 43 heavy (non-hydrogen) atoms. The molecule has 0 radical (unpaired) electrons. The molecular weight excluding hydrogens is 609 g/mol. The van der Waals surface area contributed by atoms with Gasteiger partial charge >= 0.3 is 0 Å². The predicted molar refractivity (Wildman–Crippen MR) is 170 cm³/mol. The third kappa shape index (κ3) is 8.22. The van der Waals surface area contributed by atoms with Crippen molar-refractivity contribution in [1.82, 2.24) is 10.2 Å². The highest BCUT2D eigenvalue weighted by Crippen LogP contribution is 2.33. The summed E-state index contributed by atoms with van der Waals surface area (Å²) >= 11 is 12.7. The molecule has 3 aromatic carbocycles. The number of rotatable bonds is 12. The maximum atomic E-state index is 14.3. The van der Waals surface area contributed by atoms with E-state index in [-0.39, 0.29) is 39.1 Å². The zero-order valence-electron chi connectivity index (χ0n) is 24.3. The lowest BCUT2D eigenvalue weighted by molar-refractivity contribution is -0.140. The third-order valence-electron chi connectivity index (χ3n) is 7.64. The Hall–Kier alpha value is -3.27. The van der Waals surface area contributed by atoms with Crippen LogP contribution in [0.15, 0.2) is 77.7 Å². The monoisotopic (exact) mass is 645 g/mol. The molecule has 0 saturated heterocycles. The highest BCUT2D eigenvalue weighted by Gasteiger charge is 2.35. The number of nitrogens with zero attached hydrogens (tertiary/aromatic N) is 2. The lowest BCUT2D eigenvalue weighted by Gasteiger charge is -2.34. The van der Waals surface area contributed by atoms with Crippen LogP contribution < -0.4 is 14.4 Å². The molecular formula is C32H37Cl2N3O5S. The number of benzene rings is 3. The van der Waals surface area contributed by atoms with Gasteiger partial charge in [0.25, 0.3) is 10.0 Å². The molecule has 1 saturated carbocycles. The molecule has 0 bridgehead atoms. The lowest BCUT2D eigenvalue weighted by atomic mass is 9.95. The van der Waals surface area contributed by atoms with E-state index in [0.29, 0.717) is 12.2 Å². The van der Waals surface area contributed by atoms with Gasteiger partial charge in [0.15, 0.2) is 0 Å². The van der Waals surface area contributed by atoms with E-state index in [2.05, 4.69) is 5.32 Å². The van der Waals surface area contributed by atoms with Crippen molar-refractivity contribution >= 4 is 50.7 Å². The highest BCUT2D eigenvalue weighted by atomic mass is 35.5. The molecule has 1 aliphatic carbocycles. The largest absolute Gasteiger partial charge is 0.497 e. The van der Waals surface area contributed by atoms with Gasteiger partial charge in [-0.1, -0.05) is 79.7 Å². The van der Waals surface area contributed by atoms with Gasteiger partial charge in [0, 0.05) is 17.6 Å². The SMILES string of the molecule is CC[C@H](C(=O)NC1CCCCC1)N(Cc1ccc(OC)cc1)C(=O)CN(c1cc(Cl)ccc1Cl)S(=O)(=O)c1ccccc1. The van der Waals surface area contributed by atoms with Gasteiger partial charge in [0.05, 0.1) is 22.7 Å². The fourth-order valence-electron chi connectivity index (χ4n) is 5.30. The van der Waals surface area contributed by atoms with Crippen molar-refractivity contribution in [2.45, 2.75) is 69.0 Å². The van der Waals surface area contributed by atoms with Gasteiger partial charge in [0.2, 0.25) is 11.8 Å². The maximum absolute atomic E-state index is 14.3. The summed E-state index contributed by atoms with van der Waals surface area (Å²) in [5.41, 5.74) is 0.826. The lowest BCUT2D eigenvalue weighted by Crippen LogP contribution is -2.54. The molecule has 8 nitrogen and oxygen atoms in total. The number of sulfonamides is 1. The Balaban J connectivity index is 1.72. The Bertz CT molecular complexity index is 1500. The molecule has 1 aliphatic rings. The van der Waals surface area contributed by atoms with Crippen LogP contribution >= 0.6 is 23.2 Å². The molecule has 1 N–H and O–H groups in total. The average molecular weight is 647 g/mol. The summed E-state index contributed by atoms with van der Waals surface area (Å²) in [6.45, 7) is 1.33. The summed E-state index contributed by atoms with van der Waals surface area (Å²) < 4.78 is 34.2. The number of anilines is 1. The average Bonchev–Trinajstić information content (AvgIpc) is 3.02. The number of carbonyl (C=O) groups is 2. The molecule has 0 aliphatic heterocycles. The van der Waals surface area contributed by atoms with Gasteiger partial charge in [-0.15, -0.1) is 0 Å². The van der Waals surface area contributed by atoms with Crippen molar-refractivity contribution in [2.75, 3.05) is 18.0 Å². The Labute approximate surface area is 264 Å². The minimum absolute atomic E-state index is 0.0115. The van der Waals surface area contributed by atoms with Crippen LogP contribution in [0.3, 0.4) is 0 Å². The van der Waals surface area contributed by atoms with Crippen LogP contribution in [0.2, 0.25) is 10.0 Å². The molecule has 4 rings (SSSR count). The summed E-state index contributed by atoms with van der Waals surface area (Å²) in [5.74, 6) is -0.161. The van der Waals surface area contributed by atoms with Crippen molar-refractivity contribution < 1.29 is 22.7 Å². The second-order valence-corrected chi connectivity index (χ2v) is 13.3. The van der Waals surface area contributed by atoms with Crippen LogP contribution in [-0.4, -0.2) is 50.9 Å². The third-order valence-corrected chi connectivity index (χ3v) is 9.97. The van der Waals surface area contributed by atoms with E-state index in [4.69, 9.17) is 27.9 Å². The van der Waals surface area contributed by atoms with Gasteiger partial charge in [-0.05, 0) is 67.3 Å². The van der Waals surface area contributed by atoms with Crippen molar-refractivity contribution in [3.8, 4) is 5.75 Å². The van der Waals surface area contributed by atoms with E-state index in [1.807, 2.05) is 19.1 Å².